The van der Waals surface area contributed by atoms with Crippen molar-refractivity contribution in [3.05, 3.63) is 42.2 Å². The molecular weight excluding hydrogens is 276 g/mol. The molecule has 2 atom stereocenters. The van der Waals surface area contributed by atoms with Gasteiger partial charge in [-0.1, -0.05) is 30.3 Å². The number of fused-ring (bicyclic) bond motifs is 2. The Kier molecular flexibility index (Phi) is 3.42. The third-order valence-electron chi connectivity index (χ3n) is 4.74. The first-order valence-electron chi connectivity index (χ1n) is 7.97. The van der Waals surface area contributed by atoms with Crippen molar-refractivity contribution in [1.29, 1.82) is 0 Å². The van der Waals surface area contributed by atoms with Crippen LogP contribution >= 0.6 is 0 Å². The maximum Gasteiger partial charge on any atom is 0.272 e. The molecule has 0 radical (unpaired) electrons. The molecule has 5 nitrogen and oxygen atoms in total. The molecule has 1 aromatic heterocycles. The fraction of sp³-hybridized carbons (Fsp3) is 0.412. The van der Waals surface area contributed by atoms with Gasteiger partial charge in [-0.25, -0.2) is 4.98 Å². The second kappa shape index (κ2) is 5.57. The van der Waals surface area contributed by atoms with E-state index in [1.54, 1.807) is 6.20 Å². The predicted octanol–water partition coefficient (Wildman–Crippen LogP) is 2.04. The van der Waals surface area contributed by atoms with E-state index in [9.17, 15) is 4.79 Å². The van der Waals surface area contributed by atoms with Gasteiger partial charge in [-0.15, -0.1) is 0 Å². The highest BCUT2D eigenvalue weighted by molar-refractivity contribution is 5.93. The summed E-state index contributed by atoms with van der Waals surface area (Å²) < 4.78 is 0. The minimum absolute atomic E-state index is 0.0888. The van der Waals surface area contributed by atoms with Gasteiger partial charge in [0.05, 0.1) is 6.20 Å². The van der Waals surface area contributed by atoms with Gasteiger partial charge in [0.1, 0.15) is 11.5 Å². The van der Waals surface area contributed by atoms with Crippen molar-refractivity contribution < 1.29 is 4.79 Å². The van der Waals surface area contributed by atoms with E-state index in [1.165, 1.54) is 0 Å². The summed E-state index contributed by atoms with van der Waals surface area (Å²) in [7, 11) is 0. The van der Waals surface area contributed by atoms with E-state index in [1.807, 2.05) is 30.3 Å². The van der Waals surface area contributed by atoms with Gasteiger partial charge < -0.3 is 15.2 Å². The number of amides is 1. The summed E-state index contributed by atoms with van der Waals surface area (Å²) in [4.78, 5) is 22.5. The third kappa shape index (κ3) is 2.31. The van der Waals surface area contributed by atoms with Gasteiger partial charge in [-0.2, -0.15) is 0 Å². The number of carbonyl (C=O) groups is 1. The largest absolute Gasteiger partial charge is 0.334 e. The molecule has 0 unspecified atom stereocenters. The van der Waals surface area contributed by atoms with Gasteiger partial charge in [0.2, 0.25) is 0 Å². The van der Waals surface area contributed by atoms with Gasteiger partial charge in [0.15, 0.2) is 0 Å². The topological polar surface area (TPSA) is 61.0 Å². The lowest BCUT2D eigenvalue weighted by Crippen LogP contribution is -2.42. The Bertz CT molecular complexity index is 652. The van der Waals surface area contributed by atoms with Gasteiger partial charge in [-0.05, 0) is 25.8 Å². The lowest BCUT2D eigenvalue weighted by molar-refractivity contribution is 0.0675. The molecule has 0 saturated carbocycles. The minimum Gasteiger partial charge on any atom is -0.334 e. The molecule has 2 bridgehead atoms. The Labute approximate surface area is 129 Å². The lowest BCUT2D eigenvalue weighted by atomic mass is 10.1. The van der Waals surface area contributed by atoms with Crippen LogP contribution in [-0.2, 0) is 0 Å². The van der Waals surface area contributed by atoms with Crippen LogP contribution in [0.15, 0.2) is 36.5 Å². The number of H-pyrrole nitrogens is 1. The van der Waals surface area contributed by atoms with Crippen molar-refractivity contribution in [2.75, 3.05) is 13.1 Å². The maximum atomic E-state index is 12.9. The van der Waals surface area contributed by atoms with Crippen LogP contribution in [-0.4, -0.2) is 45.9 Å². The molecule has 3 heterocycles. The number of hydrogen-bond donors (Lipinski definition) is 2. The summed E-state index contributed by atoms with van der Waals surface area (Å²) in [5.74, 6) is 0.843. The number of nitrogens with zero attached hydrogens (tertiary/aromatic N) is 2. The van der Waals surface area contributed by atoms with Crippen molar-refractivity contribution >= 4 is 5.91 Å². The molecule has 1 amide bonds. The number of carbonyl (C=O) groups excluding carboxylic acids is 1. The summed E-state index contributed by atoms with van der Waals surface area (Å²) in [6, 6.07) is 10.6. The Hall–Kier alpha value is -2.14. The van der Waals surface area contributed by atoms with Crippen LogP contribution in [0.2, 0.25) is 0 Å². The van der Waals surface area contributed by atoms with Gasteiger partial charge in [0, 0.05) is 24.2 Å². The predicted molar refractivity (Wildman–Crippen MR) is 84.5 cm³/mol. The molecule has 114 valence electrons. The first-order valence-corrected chi connectivity index (χ1v) is 7.97. The molecular formula is C17H20N4O. The highest BCUT2D eigenvalue weighted by Gasteiger charge is 2.38. The van der Waals surface area contributed by atoms with Gasteiger partial charge in [-0.3, -0.25) is 4.79 Å². The molecule has 0 spiro atoms. The Morgan fingerprint density at radius 2 is 1.95 bits per heavy atom. The number of benzene rings is 1. The van der Waals surface area contributed by atoms with Crippen LogP contribution in [0.4, 0.5) is 0 Å². The monoisotopic (exact) mass is 296 g/mol. The molecule has 2 saturated heterocycles. The van der Waals surface area contributed by atoms with Crippen LogP contribution in [0.3, 0.4) is 0 Å². The summed E-state index contributed by atoms with van der Waals surface area (Å²) >= 11 is 0. The highest BCUT2D eigenvalue weighted by Crippen LogP contribution is 2.29. The number of rotatable bonds is 2. The second-order valence-corrected chi connectivity index (χ2v) is 6.10. The molecule has 2 aliphatic heterocycles. The normalized spacial score (nSPS) is 24.3. The lowest BCUT2D eigenvalue weighted by Gasteiger charge is -2.27. The average Bonchev–Trinajstić information content (AvgIpc) is 3.12. The summed E-state index contributed by atoms with van der Waals surface area (Å²) in [6.45, 7) is 1.91. The number of aromatic nitrogens is 2. The van der Waals surface area contributed by atoms with Crippen molar-refractivity contribution in [3.8, 4) is 11.4 Å². The molecule has 0 aliphatic carbocycles. The third-order valence-corrected chi connectivity index (χ3v) is 4.74. The second-order valence-electron chi connectivity index (χ2n) is 6.10. The van der Waals surface area contributed by atoms with E-state index in [2.05, 4.69) is 20.2 Å². The van der Waals surface area contributed by atoms with Crippen molar-refractivity contribution in [1.82, 2.24) is 20.2 Å². The van der Waals surface area contributed by atoms with E-state index >= 15 is 0 Å². The summed E-state index contributed by atoms with van der Waals surface area (Å²) in [5, 5.41) is 3.43. The maximum absolute atomic E-state index is 12.9. The minimum atomic E-state index is 0.0888. The molecule has 22 heavy (non-hydrogen) atoms. The smallest absolute Gasteiger partial charge is 0.272 e. The van der Waals surface area contributed by atoms with Crippen LogP contribution in [0.25, 0.3) is 11.4 Å². The molecule has 2 fully saturated rings. The zero-order valence-corrected chi connectivity index (χ0v) is 12.5. The van der Waals surface area contributed by atoms with Crippen LogP contribution < -0.4 is 5.32 Å². The van der Waals surface area contributed by atoms with E-state index in [0.717, 1.165) is 43.7 Å². The molecule has 5 heteroatoms. The van der Waals surface area contributed by atoms with Crippen LogP contribution in [0.5, 0.6) is 0 Å². The number of hydrogen-bond acceptors (Lipinski definition) is 3. The fourth-order valence-corrected chi connectivity index (χ4v) is 3.63. The zero-order chi connectivity index (χ0) is 14.9. The molecule has 1 aromatic carbocycles. The quantitative estimate of drug-likeness (QED) is 0.891. The van der Waals surface area contributed by atoms with Crippen LogP contribution in [0, 0.1) is 0 Å². The standard InChI is InChI=1S/C17H20N4O/c22-17(21-13-6-7-14(21)10-18-9-8-13)15-11-19-16(20-15)12-4-2-1-3-5-12/h1-5,11,13-14,18H,6-10H2,(H,19,20)/t13-,14+/m0/s1. The van der Waals surface area contributed by atoms with Crippen molar-refractivity contribution in [3.63, 3.8) is 0 Å². The molecule has 2 aromatic rings. The summed E-state index contributed by atoms with van der Waals surface area (Å²) in [5.41, 5.74) is 1.60. The molecule has 2 N–H and O–H groups in total. The van der Waals surface area contributed by atoms with E-state index in [4.69, 9.17) is 0 Å². The van der Waals surface area contributed by atoms with Crippen molar-refractivity contribution in [2.24, 2.45) is 0 Å². The molecule has 4 rings (SSSR count). The number of aromatic amines is 1. The molecule has 2 aliphatic rings. The van der Waals surface area contributed by atoms with E-state index in [0.29, 0.717) is 17.8 Å². The SMILES string of the molecule is O=C(c1cnc(-c2ccccc2)[nH]1)N1[C@@H]2CCNC[C@H]1CC2. The summed E-state index contributed by atoms with van der Waals surface area (Å²) in [6.07, 6.45) is 4.94. The van der Waals surface area contributed by atoms with Gasteiger partial charge >= 0.3 is 0 Å². The zero-order valence-electron chi connectivity index (χ0n) is 12.5. The van der Waals surface area contributed by atoms with E-state index < -0.39 is 0 Å². The van der Waals surface area contributed by atoms with Crippen molar-refractivity contribution in [2.45, 2.75) is 31.3 Å². The fourth-order valence-electron chi connectivity index (χ4n) is 3.63. The van der Waals surface area contributed by atoms with Crippen LogP contribution in [0.1, 0.15) is 29.8 Å². The van der Waals surface area contributed by atoms with E-state index in [-0.39, 0.29) is 5.91 Å². The first-order chi connectivity index (χ1) is 10.8. The average molecular weight is 296 g/mol. The first kappa shape index (κ1) is 13.5. The van der Waals surface area contributed by atoms with Gasteiger partial charge in [0.25, 0.3) is 5.91 Å². The number of imidazole rings is 1. The Morgan fingerprint density at radius 3 is 2.82 bits per heavy atom. The Balaban J connectivity index is 1.60. The highest BCUT2D eigenvalue weighted by atomic mass is 16.2. The number of nitrogens with one attached hydrogen (secondary N) is 2. The Morgan fingerprint density at radius 1 is 1.14 bits per heavy atom.